The molecule has 0 fully saturated rings. The molecule has 0 saturated carbocycles. The van der Waals surface area contributed by atoms with Gasteiger partial charge in [-0.05, 0) is 30.3 Å². The lowest BCUT2D eigenvalue weighted by Gasteiger charge is -2.12. The third kappa shape index (κ3) is 4.27. The molecule has 2 N–H and O–H groups in total. The molecule has 1 aromatic heterocycles. The van der Waals surface area contributed by atoms with Gasteiger partial charge in [0.1, 0.15) is 5.75 Å². The number of benzene rings is 2. The molecule has 0 saturated heterocycles. The molecule has 0 spiro atoms. The first-order chi connectivity index (χ1) is 13.3. The summed E-state index contributed by atoms with van der Waals surface area (Å²) in [4.78, 5) is 12.5. The fraction of sp³-hybridized carbons (Fsp3) is 0.111. The van der Waals surface area contributed by atoms with Gasteiger partial charge >= 0.3 is 12.8 Å². The van der Waals surface area contributed by atoms with Crippen molar-refractivity contribution in [1.29, 1.82) is 0 Å². The first-order valence-electron chi connectivity index (χ1n) is 7.82. The number of rotatable bonds is 5. The monoisotopic (exact) mass is 397 g/mol. The van der Waals surface area contributed by atoms with E-state index in [1.807, 2.05) is 0 Å². The molecule has 2 aromatic carbocycles. The molecule has 1 heterocycles. The zero-order valence-corrected chi connectivity index (χ0v) is 13.9. The Balaban J connectivity index is 1.90. The number of ether oxygens (including phenoxy) is 1. The van der Waals surface area contributed by atoms with E-state index in [0.717, 1.165) is 24.4 Å². The molecule has 1 amide bonds. The van der Waals surface area contributed by atoms with Gasteiger partial charge in [0, 0.05) is 11.3 Å². The van der Waals surface area contributed by atoms with E-state index in [9.17, 15) is 26.7 Å². The number of aromatic nitrogens is 2. The number of anilines is 1. The number of aromatic amines is 1. The summed E-state index contributed by atoms with van der Waals surface area (Å²) < 4.78 is 68.1. The number of hydrogen-bond donors (Lipinski definition) is 2. The molecule has 3 rings (SSSR count). The number of nitrogens with zero attached hydrogens (tertiary/aromatic N) is 1. The molecule has 5 nitrogen and oxygen atoms in total. The van der Waals surface area contributed by atoms with Gasteiger partial charge in [-0.3, -0.25) is 9.89 Å². The van der Waals surface area contributed by atoms with Crippen molar-refractivity contribution >= 4 is 11.6 Å². The summed E-state index contributed by atoms with van der Waals surface area (Å²) in [5, 5.41) is 8.59. The minimum absolute atomic E-state index is 0.0530. The van der Waals surface area contributed by atoms with E-state index >= 15 is 0 Å². The van der Waals surface area contributed by atoms with Gasteiger partial charge < -0.3 is 10.1 Å². The zero-order chi connectivity index (χ0) is 20.3. The highest BCUT2D eigenvalue weighted by Crippen LogP contribution is 2.33. The van der Waals surface area contributed by atoms with E-state index in [1.54, 1.807) is 6.07 Å². The van der Waals surface area contributed by atoms with Crippen molar-refractivity contribution in [1.82, 2.24) is 10.2 Å². The molecule has 146 valence electrons. The van der Waals surface area contributed by atoms with Crippen molar-refractivity contribution in [2.45, 2.75) is 12.8 Å². The Kier molecular flexibility index (Phi) is 5.30. The van der Waals surface area contributed by atoms with E-state index in [0.29, 0.717) is 0 Å². The van der Waals surface area contributed by atoms with Gasteiger partial charge in [0.2, 0.25) is 0 Å². The number of nitrogens with one attached hydrogen (secondary N) is 2. The van der Waals surface area contributed by atoms with Crippen molar-refractivity contribution in [3.63, 3.8) is 0 Å². The van der Waals surface area contributed by atoms with Crippen LogP contribution in [0.3, 0.4) is 0 Å². The quantitative estimate of drug-likeness (QED) is 0.599. The highest BCUT2D eigenvalue weighted by molar-refractivity contribution is 6.08. The topological polar surface area (TPSA) is 67.0 Å². The van der Waals surface area contributed by atoms with Crippen molar-refractivity contribution in [2.24, 2.45) is 0 Å². The molecule has 0 aliphatic rings. The Morgan fingerprint density at radius 3 is 2.57 bits per heavy atom. The highest BCUT2D eigenvalue weighted by Gasteiger charge is 2.30. The van der Waals surface area contributed by atoms with E-state index in [2.05, 4.69) is 20.3 Å². The zero-order valence-electron chi connectivity index (χ0n) is 13.9. The molecule has 3 aromatic rings. The Morgan fingerprint density at radius 1 is 1.11 bits per heavy atom. The summed E-state index contributed by atoms with van der Waals surface area (Å²) in [6.45, 7) is -3.08. The normalized spacial score (nSPS) is 11.5. The van der Waals surface area contributed by atoms with Crippen LogP contribution < -0.4 is 10.1 Å². The molecule has 0 unspecified atom stereocenters. The SMILES string of the molecule is O=C(Nc1cccc(C(F)(F)F)c1)c1cn[nH]c1-c1ccccc1OC(F)F. The molecular formula is C18H12F5N3O2. The number of hydrogen-bond acceptors (Lipinski definition) is 3. The maximum atomic E-state index is 12.8. The van der Waals surface area contributed by atoms with Gasteiger partial charge in [0.05, 0.1) is 23.0 Å². The van der Waals surface area contributed by atoms with E-state index in [4.69, 9.17) is 0 Å². The van der Waals surface area contributed by atoms with Gasteiger partial charge in [0.25, 0.3) is 5.91 Å². The summed E-state index contributed by atoms with van der Waals surface area (Å²) in [6, 6.07) is 9.84. The largest absolute Gasteiger partial charge is 0.434 e. The maximum Gasteiger partial charge on any atom is 0.416 e. The predicted molar refractivity (Wildman–Crippen MR) is 90.1 cm³/mol. The van der Waals surface area contributed by atoms with Gasteiger partial charge in [-0.2, -0.15) is 27.1 Å². The Labute approximate surface area is 155 Å². The average molecular weight is 397 g/mol. The molecule has 0 aliphatic heterocycles. The molecule has 0 aliphatic carbocycles. The van der Waals surface area contributed by atoms with Crippen LogP contribution in [0.15, 0.2) is 54.7 Å². The van der Waals surface area contributed by atoms with Crippen LogP contribution in [-0.2, 0) is 6.18 Å². The van der Waals surface area contributed by atoms with Crippen LogP contribution in [0.4, 0.5) is 27.6 Å². The Bertz CT molecular complexity index is 985. The third-order valence-corrected chi connectivity index (χ3v) is 3.70. The summed E-state index contributed by atoms with van der Waals surface area (Å²) in [5.74, 6) is -0.954. The number of carbonyl (C=O) groups excluding carboxylic acids is 1. The van der Waals surface area contributed by atoms with Crippen molar-refractivity contribution in [3.05, 3.63) is 65.9 Å². The maximum absolute atomic E-state index is 12.8. The second-order valence-corrected chi connectivity index (χ2v) is 5.57. The van der Waals surface area contributed by atoms with Gasteiger partial charge in [-0.1, -0.05) is 18.2 Å². The van der Waals surface area contributed by atoms with Gasteiger partial charge in [-0.15, -0.1) is 0 Å². The standard InChI is InChI=1S/C18H12F5N3O2/c19-17(20)28-14-7-2-1-6-12(14)15-13(9-24-26-15)16(27)25-11-5-3-4-10(8-11)18(21,22)23/h1-9,17H,(H,24,26)(H,25,27). The molecular weight excluding hydrogens is 385 g/mol. The third-order valence-electron chi connectivity index (χ3n) is 3.70. The summed E-state index contributed by atoms with van der Waals surface area (Å²) in [7, 11) is 0. The second kappa shape index (κ2) is 7.67. The smallest absolute Gasteiger partial charge is 0.416 e. The van der Waals surface area contributed by atoms with E-state index in [1.165, 1.54) is 24.3 Å². The number of amides is 1. The van der Waals surface area contributed by atoms with Crippen LogP contribution in [-0.4, -0.2) is 22.7 Å². The fourth-order valence-corrected chi connectivity index (χ4v) is 2.51. The van der Waals surface area contributed by atoms with Crippen LogP contribution >= 0.6 is 0 Å². The van der Waals surface area contributed by atoms with Crippen LogP contribution in [0.2, 0.25) is 0 Å². The van der Waals surface area contributed by atoms with Crippen LogP contribution in [0.5, 0.6) is 5.75 Å². The first-order valence-corrected chi connectivity index (χ1v) is 7.82. The van der Waals surface area contributed by atoms with Crippen LogP contribution in [0.1, 0.15) is 15.9 Å². The molecule has 0 atom stereocenters. The number of halogens is 5. The average Bonchev–Trinajstić information content (AvgIpc) is 3.11. The highest BCUT2D eigenvalue weighted by atomic mass is 19.4. The summed E-state index contributed by atoms with van der Waals surface area (Å²) in [6.07, 6.45) is -3.43. The molecule has 0 bridgehead atoms. The van der Waals surface area contributed by atoms with Gasteiger partial charge in [-0.25, -0.2) is 0 Å². The lowest BCUT2D eigenvalue weighted by molar-refractivity contribution is -0.137. The Hall–Kier alpha value is -3.43. The molecule has 28 heavy (non-hydrogen) atoms. The van der Waals surface area contributed by atoms with Crippen molar-refractivity contribution in [3.8, 4) is 17.0 Å². The Morgan fingerprint density at radius 2 is 1.86 bits per heavy atom. The number of H-pyrrole nitrogens is 1. The van der Waals surface area contributed by atoms with Crippen molar-refractivity contribution in [2.75, 3.05) is 5.32 Å². The minimum atomic E-state index is -4.56. The van der Waals surface area contributed by atoms with Crippen LogP contribution in [0, 0.1) is 0 Å². The number of para-hydroxylation sites is 1. The number of carbonyl (C=O) groups is 1. The van der Waals surface area contributed by atoms with E-state index < -0.39 is 24.3 Å². The van der Waals surface area contributed by atoms with E-state index in [-0.39, 0.29) is 28.3 Å². The lowest BCUT2D eigenvalue weighted by atomic mass is 10.1. The molecule has 10 heteroatoms. The molecule has 0 radical (unpaired) electrons. The lowest BCUT2D eigenvalue weighted by Crippen LogP contribution is -2.13. The minimum Gasteiger partial charge on any atom is -0.434 e. The number of alkyl halides is 5. The summed E-state index contributed by atoms with van der Waals surface area (Å²) >= 11 is 0. The second-order valence-electron chi connectivity index (χ2n) is 5.57. The van der Waals surface area contributed by atoms with Crippen LogP contribution in [0.25, 0.3) is 11.3 Å². The fourth-order valence-electron chi connectivity index (χ4n) is 2.51. The predicted octanol–water partition coefficient (Wildman–Crippen LogP) is 4.95. The summed E-state index contributed by atoms with van der Waals surface area (Å²) in [5.41, 5.74) is -0.824. The van der Waals surface area contributed by atoms with Gasteiger partial charge in [0.15, 0.2) is 0 Å². The van der Waals surface area contributed by atoms with Crippen molar-refractivity contribution < 1.29 is 31.5 Å². The first kappa shape index (κ1) is 19.3.